The first kappa shape index (κ1) is 10.6. The molecule has 1 heterocycles. The van der Waals surface area contributed by atoms with Gasteiger partial charge in [-0.25, -0.2) is 9.78 Å². The molecule has 1 radical (unpaired) electrons. The zero-order chi connectivity index (χ0) is 10.8. The Morgan fingerprint density at radius 3 is 2.71 bits per heavy atom. The third-order valence-electron chi connectivity index (χ3n) is 1.38. The number of nitrogens with one attached hydrogen (secondary N) is 1. The largest absolute Gasteiger partial charge is 0.444 e. The predicted molar refractivity (Wildman–Crippen MR) is 51.9 cm³/mol. The van der Waals surface area contributed by atoms with Crippen LogP contribution in [0.1, 0.15) is 20.8 Å². The number of hydrogen-bond acceptors (Lipinski definition) is 3. The van der Waals surface area contributed by atoms with Gasteiger partial charge in [0.15, 0.2) is 6.33 Å². The molecule has 14 heavy (non-hydrogen) atoms. The van der Waals surface area contributed by atoms with Crippen molar-refractivity contribution in [2.75, 3.05) is 5.32 Å². The van der Waals surface area contributed by atoms with Gasteiger partial charge in [-0.2, -0.15) is 0 Å². The van der Waals surface area contributed by atoms with Crippen molar-refractivity contribution in [2.24, 2.45) is 7.05 Å². The fraction of sp³-hybridized carbons (Fsp3) is 0.556. The lowest BCUT2D eigenvalue weighted by Gasteiger charge is -2.19. The average molecular weight is 196 g/mol. The number of anilines is 1. The summed E-state index contributed by atoms with van der Waals surface area (Å²) < 4.78 is 6.63. The number of imidazole rings is 1. The lowest BCUT2D eigenvalue weighted by molar-refractivity contribution is 0.0635. The van der Waals surface area contributed by atoms with E-state index in [0.29, 0.717) is 5.82 Å². The Morgan fingerprint density at radius 2 is 2.29 bits per heavy atom. The van der Waals surface area contributed by atoms with Crippen molar-refractivity contribution in [3.63, 3.8) is 0 Å². The Kier molecular flexibility index (Phi) is 2.78. The first-order valence-electron chi connectivity index (χ1n) is 4.28. The lowest BCUT2D eigenvalue weighted by atomic mass is 10.2. The van der Waals surface area contributed by atoms with Gasteiger partial charge in [-0.05, 0) is 20.8 Å². The third-order valence-corrected chi connectivity index (χ3v) is 1.38. The highest BCUT2D eigenvalue weighted by Gasteiger charge is 2.16. The van der Waals surface area contributed by atoms with Crippen LogP contribution < -0.4 is 5.32 Å². The van der Waals surface area contributed by atoms with Gasteiger partial charge in [0.25, 0.3) is 0 Å². The molecular weight excluding hydrogens is 182 g/mol. The Bertz CT molecular complexity index is 325. The van der Waals surface area contributed by atoms with Crippen LogP contribution in [-0.2, 0) is 11.8 Å². The first-order valence-corrected chi connectivity index (χ1v) is 4.28. The number of hydrogen-bond donors (Lipinski definition) is 1. The summed E-state index contributed by atoms with van der Waals surface area (Å²) in [4.78, 5) is 15.0. The second kappa shape index (κ2) is 3.69. The molecule has 1 aromatic heterocycles. The van der Waals surface area contributed by atoms with Crippen LogP contribution in [0.2, 0.25) is 0 Å². The number of rotatable bonds is 1. The molecule has 1 N–H and O–H groups in total. The van der Waals surface area contributed by atoms with E-state index in [1.54, 1.807) is 11.6 Å². The minimum atomic E-state index is -0.494. The van der Waals surface area contributed by atoms with Crippen molar-refractivity contribution < 1.29 is 9.53 Å². The molecule has 0 saturated carbocycles. The van der Waals surface area contributed by atoms with Crippen molar-refractivity contribution in [1.82, 2.24) is 9.55 Å². The molecule has 0 fully saturated rings. The van der Waals surface area contributed by atoms with Crippen molar-refractivity contribution in [1.29, 1.82) is 0 Å². The maximum atomic E-state index is 11.3. The van der Waals surface area contributed by atoms with Gasteiger partial charge < -0.3 is 9.30 Å². The quantitative estimate of drug-likeness (QED) is 0.741. The highest BCUT2D eigenvalue weighted by molar-refractivity contribution is 5.83. The number of ether oxygens (including phenoxy) is 1. The van der Waals surface area contributed by atoms with Gasteiger partial charge in [0.05, 0.1) is 6.20 Å². The smallest absolute Gasteiger partial charge is 0.413 e. The van der Waals surface area contributed by atoms with Gasteiger partial charge in [-0.1, -0.05) is 0 Å². The fourth-order valence-electron chi connectivity index (χ4n) is 0.841. The summed E-state index contributed by atoms with van der Waals surface area (Å²) in [5.74, 6) is 0.555. The van der Waals surface area contributed by atoms with Crippen LogP contribution in [0.5, 0.6) is 0 Å². The van der Waals surface area contributed by atoms with E-state index in [9.17, 15) is 4.79 Å². The van der Waals surface area contributed by atoms with E-state index >= 15 is 0 Å². The molecule has 0 aromatic carbocycles. The van der Waals surface area contributed by atoms with Crippen LogP contribution in [0.4, 0.5) is 10.6 Å². The summed E-state index contributed by atoms with van der Waals surface area (Å²) in [5, 5.41) is 2.55. The Labute approximate surface area is 83.1 Å². The molecule has 1 rings (SSSR count). The molecule has 0 aliphatic carbocycles. The molecule has 77 valence electrons. The van der Waals surface area contributed by atoms with E-state index in [4.69, 9.17) is 4.74 Å². The number of nitrogens with zero attached hydrogens (tertiary/aromatic N) is 2. The van der Waals surface area contributed by atoms with E-state index < -0.39 is 11.7 Å². The maximum absolute atomic E-state index is 11.3. The Hall–Kier alpha value is -1.52. The van der Waals surface area contributed by atoms with Crippen molar-refractivity contribution in [3.05, 3.63) is 12.5 Å². The molecule has 0 aliphatic heterocycles. The number of carbonyl (C=O) groups excluding carboxylic acids is 1. The van der Waals surface area contributed by atoms with Crippen molar-refractivity contribution >= 4 is 11.9 Å². The minimum Gasteiger partial charge on any atom is -0.444 e. The zero-order valence-electron chi connectivity index (χ0n) is 8.79. The lowest BCUT2D eigenvalue weighted by Crippen LogP contribution is -2.27. The van der Waals surface area contributed by atoms with Crippen molar-refractivity contribution in [2.45, 2.75) is 26.4 Å². The molecule has 0 bridgehead atoms. The summed E-state index contributed by atoms with van der Waals surface area (Å²) in [5.41, 5.74) is -0.494. The molecule has 0 aliphatic rings. The van der Waals surface area contributed by atoms with Crippen LogP contribution in [0.25, 0.3) is 0 Å². The van der Waals surface area contributed by atoms with Crippen molar-refractivity contribution in [3.8, 4) is 0 Å². The van der Waals surface area contributed by atoms with Gasteiger partial charge >= 0.3 is 6.09 Å². The summed E-state index contributed by atoms with van der Waals surface area (Å²) in [6, 6.07) is 0. The molecule has 0 unspecified atom stereocenters. The zero-order valence-corrected chi connectivity index (χ0v) is 8.79. The standard InChI is InChI=1S/C9H14N3O2/c1-9(2,3)14-8(13)11-7-5-10-6-12(7)4/h5H,1-4H3,(H,11,13). The van der Waals surface area contributed by atoms with E-state index in [0.717, 1.165) is 0 Å². The summed E-state index contributed by atoms with van der Waals surface area (Å²) in [6.45, 7) is 5.42. The van der Waals surface area contributed by atoms with E-state index in [1.165, 1.54) is 6.20 Å². The molecule has 1 amide bonds. The molecule has 0 spiro atoms. The second-order valence-electron chi connectivity index (χ2n) is 3.93. The SMILES string of the molecule is Cn1[c]ncc1NC(=O)OC(C)(C)C. The average Bonchev–Trinajstić information content (AvgIpc) is 2.32. The van der Waals surface area contributed by atoms with Crippen LogP contribution in [0, 0.1) is 6.33 Å². The first-order chi connectivity index (χ1) is 6.38. The van der Waals surface area contributed by atoms with Gasteiger partial charge in [0, 0.05) is 7.05 Å². The summed E-state index contributed by atoms with van der Waals surface area (Å²) >= 11 is 0. The molecule has 5 nitrogen and oxygen atoms in total. The van der Waals surface area contributed by atoms with Crippen LogP contribution in [0.15, 0.2) is 6.20 Å². The molecule has 0 atom stereocenters. The van der Waals surface area contributed by atoms with Gasteiger partial charge in [0.1, 0.15) is 11.4 Å². The third kappa shape index (κ3) is 3.08. The number of carbonyl (C=O) groups is 1. The predicted octanol–water partition coefficient (Wildman–Crippen LogP) is 1.57. The number of amides is 1. The fourth-order valence-corrected chi connectivity index (χ4v) is 0.841. The van der Waals surface area contributed by atoms with Crippen LogP contribution >= 0.6 is 0 Å². The summed E-state index contributed by atoms with van der Waals surface area (Å²) in [6.07, 6.45) is 3.65. The molecule has 5 heteroatoms. The van der Waals surface area contributed by atoms with Gasteiger partial charge in [-0.3, -0.25) is 5.32 Å². The topological polar surface area (TPSA) is 56.2 Å². The molecule has 0 saturated heterocycles. The number of aromatic nitrogens is 2. The highest BCUT2D eigenvalue weighted by Crippen LogP contribution is 2.10. The molecule has 1 aromatic rings. The number of aryl methyl sites for hydroxylation is 1. The van der Waals surface area contributed by atoms with Gasteiger partial charge in [-0.15, -0.1) is 0 Å². The second-order valence-corrected chi connectivity index (χ2v) is 3.93. The normalized spacial score (nSPS) is 11.1. The highest BCUT2D eigenvalue weighted by atomic mass is 16.6. The van der Waals surface area contributed by atoms with Gasteiger partial charge in [0.2, 0.25) is 0 Å². The van der Waals surface area contributed by atoms with E-state index in [-0.39, 0.29) is 0 Å². The maximum Gasteiger partial charge on any atom is 0.413 e. The minimum absolute atomic E-state index is 0.491. The summed E-state index contributed by atoms with van der Waals surface area (Å²) in [7, 11) is 1.74. The monoisotopic (exact) mass is 196 g/mol. The van der Waals surface area contributed by atoms with Crippen LogP contribution in [-0.4, -0.2) is 21.2 Å². The van der Waals surface area contributed by atoms with E-state index in [1.807, 2.05) is 20.8 Å². The Balaban J connectivity index is 2.54. The van der Waals surface area contributed by atoms with Crippen LogP contribution in [0.3, 0.4) is 0 Å². The molecular formula is C9H14N3O2. The Morgan fingerprint density at radius 1 is 1.64 bits per heavy atom. The van der Waals surface area contributed by atoms with E-state index in [2.05, 4.69) is 16.6 Å².